The average Bonchev–Trinajstić information content (AvgIpc) is 2.93. The van der Waals surface area contributed by atoms with E-state index in [1.165, 1.54) is 12.8 Å². The molecule has 0 amide bonds. The maximum atomic E-state index is 5.89. The molecule has 1 aliphatic carbocycles. The molecule has 1 heterocycles. The maximum absolute atomic E-state index is 5.89. The van der Waals surface area contributed by atoms with Crippen molar-refractivity contribution in [3.05, 3.63) is 0 Å². The second kappa shape index (κ2) is 5.25. The number of nitrogens with one attached hydrogen (secondary N) is 1. The second-order valence-electron chi connectivity index (χ2n) is 6.86. The van der Waals surface area contributed by atoms with E-state index >= 15 is 0 Å². The number of hydrogen-bond acceptors (Lipinski definition) is 3. The van der Waals surface area contributed by atoms with Gasteiger partial charge in [0.2, 0.25) is 0 Å². The van der Waals surface area contributed by atoms with Crippen molar-refractivity contribution < 1.29 is 9.47 Å². The minimum absolute atomic E-state index is 0.173. The molecule has 17 heavy (non-hydrogen) atoms. The number of ether oxygens (including phenoxy) is 2. The Morgan fingerprint density at radius 2 is 2.12 bits per heavy atom. The Morgan fingerprint density at radius 1 is 1.35 bits per heavy atom. The lowest BCUT2D eigenvalue weighted by atomic mass is 9.87. The van der Waals surface area contributed by atoms with E-state index in [0.717, 1.165) is 45.3 Å². The SMILES string of the molecule is CC(C)(C)NCC1(COCC2CC2)CCOC1. The molecule has 1 saturated heterocycles. The van der Waals surface area contributed by atoms with Gasteiger partial charge in [0.1, 0.15) is 0 Å². The van der Waals surface area contributed by atoms with Crippen LogP contribution in [0.2, 0.25) is 0 Å². The standard InChI is InChI=1S/C14H27NO2/c1-13(2,3)15-9-14(6-7-16-10-14)11-17-8-12-4-5-12/h12,15H,4-11H2,1-3H3. The minimum atomic E-state index is 0.173. The van der Waals surface area contributed by atoms with Crippen LogP contribution in [0.1, 0.15) is 40.0 Å². The second-order valence-corrected chi connectivity index (χ2v) is 6.86. The molecule has 0 spiro atoms. The quantitative estimate of drug-likeness (QED) is 0.773. The molecule has 100 valence electrons. The van der Waals surface area contributed by atoms with Gasteiger partial charge in [0.15, 0.2) is 0 Å². The molecule has 3 heteroatoms. The largest absolute Gasteiger partial charge is 0.381 e. The van der Waals surface area contributed by atoms with Gasteiger partial charge in [0.05, 0.1) is 13.2 Å². The third-order valence-electron chi connectivity index (χ3n) is 3.64. The Labute approximate surface area is 105 Å². The molecular formula is C14H27NO2. The lowest BCUT2D eigenvalue weighted by Gasteiger charge is -2.32. The summed E-state index contributed by atoms with van der Waals surface area (Å²) in [5.41, 5.74) is 0.383. The summed E-state index contributed by atoms with van der Waals surface area (Å²) in [6.07, 6.45) is 3.86. The summed E-state index contributed by atoms with van der Waals surface area (Å²) in [4.78, 5) is 0. The van der Waals surface area contributed by atoms with Crippen molar-refractivity contribution in [1.82, 2.24) is 5.32 Å². The molecule has 0 aromatic heterocycles. The van der Waals surface area contributed by atoms with Crippen LogP contribution in [0.25, 0.3) is 0 Å². The van der Waals surface area contributed by atoms with Gasteiger partial charge in [-0.05, 0) is 46.0 Å². The fraction of sp³-hybridized carbons (Fsp3) is 1.00. The van der Waals surface area contributed by atoms with E-state index in [2.05, 4.69) is 26.1 Å². The van der Waals surface area contributed by atoms with Crippen LogP contribution in [0.3, 0.4) is 0 Å². The predicted octanol–water partition coefficient (Wildman–Crippen LogP) is 2.21. The highest BCUT2D eigenvalue weighted by Crippen LogP contribution is 2.32. The molecule has 2 fully saturated rings. The Hall–Kier alpha value is -0.120. The van der Waals surface area contributed by atoms with Crippen LogP contribution in [-0.2, 0) is 9.47 Å². The van der Waals surface area contributed by atoms with Gasteiger partial charge in [-0.2, -0.15) is 0 Å². The zero-order valence-corrected chi connectivity index (χ0v) is 11.6. The third kappa shape index (κ3) is 4.57. The van der Waals surface area contributed by atoms with Gasteiger partial charge in [-0.1, -0.05) is 0 Å². The van der Waals surface area contributed by atoms with E-state index in [4.69, 9.17) is 9.47 Å². The fourth-order valence-corrected chi connectivity index (χ4v) is 2.13. The number of hydrogen-bond donors (Lipinski definition) is 1. The Kier molecular flexibility index (Phi) is 4.11. The van der Waals surface area contributed by atoms with Crippen molar-refractivity contribution in [2.24, 2.45) is 11.3 Å². The molecule has 1 aliphatic heterocycles. The molecule has 2 rings (SSSR count). The zero-order valence-electron chi connectivity index (χ0n) is 11.6. The zero-order chi connectivity index (χ0) is 12.4. The van der Waals surface area contributed by atoms with Crippen LogP contribution in [0, 0.1) is 11.3 Å². The van der Waals surface area contributed by atoms with Crippen LogP contribution < -0.4 is 5.32 Å². The summed E-state index contributed by atoms with van der Waals surface area (Å²) in [5.74, 6) is 0.852. The first-order valence-electron chi connectivity index (χ1n) is 6.90. The topological polar surface area (TPSA) is 30.5 Å². The number of rotatable bonds is 6. The molecule has 0 bridgehead atoms. The normalized spacial score (nSPS) is 29.8. The van der Waals surface area contributed by atoms with Gasteiger partial charge < -0.3 is 14.8 Å². The van der Waals surface area contributed by atoms with Gasteiger partial charge in [-0.15, -0.1) is 0 Å². The summed E-state index contributed by atoms with van der Waals surface area (Å²) >= 11 is 0. The Morgan fingerprint density at radius 3 is 2.65 bits per heavy atom. The molecule has 0 radical (unpaired) electrons. The first-order chi connectivity index (χ1) is 7.99. The van der Waals surface area contributed by atoms with Gasteiger partial charge in [0, 0.05) is 30.7 Å². The molecule has 1 saturated carbocycles. The lowest BCUT2D eigenvalue weighted by molar-refractivity contribution is 0.0261. The maximum Gasteiger partial charge on any atom is 0.0557 e. The van der Waals surface area contributed by atoms with E-state index in [9.17, 15) is 0 Å². The van der Waals surface area contributed by atoms with Gasteiger partial charge in [0.25, 0.3) is 0 Å². The molecule has 1 unspecified atom stereocenters. The van der Waals surface area contributed by atoms with Gasteiger partial charge in [-0.3, -0.25) is 0 Å². The van der Waals surface area contributed by atoms with Crippen molar-refractivity contribution in [2.75, 3.05) is 33.0 Å². The van der Waals surface area contributed by atoms with E-state index in [0.29, 0.717) is 0 Å². The van der Waals surface area contributed by atoms with Crippen molar-refractivity contribution in [2.45, 2.75) is 45.6 Å². The van der Waals surface area contributed by atoms with Crippen LogP contribution in [-0.4, -0.2) is 38.5 Å². The van der Waals surface area contributed by atoms with Crippen molar-refractivity contribution >= 4 is 0 Å². The van der Waals surface area contributed by atoms with Crippen molar-refractivity contribution in [3.8, 4) is 0 Å². The van der Waals surface area contributed by atoms with E-state index in [1.807, 2.05) is 0 Å². The van der Waals surface area contributed by atoms with E-state index < -0.39 is 0 Å². The lowest BCUT2D eigenvalue weighted by Crippen LogP contribution is -2.46. The van der Waals surface area contributed by atoms with Crippen LogP contribution in [0.5, 0.6) is 0 Å². The molecule has 1 atom stereocenters. The first-order valence-corrected chi connectivity index (χ1v) is 6.90. The molecule has 0 aromatic carbocycles. The summed E-state index contributed by atoms with van der Waals surface area (Å²) in [7, 11) is 0. The molecule has 1 N–H and O–H groups in total. The highest BCUT2D eigenvalue weighted by atomic mass is 16.5. The monoisotopic (exact) mass is 241 g/mol. The molecule has 3 nitrogen and oxygen atoms in total. The summed E-state index contributed by atoms with van der Waals surface area (Å²) in [5, 5.41) is 3.60. The van der Waals surface area contributed by atoms with E-state index in [-0.39, 0.29) is 11.0 Å². The average molecular weight is 241 g/mol. The summed E-state index contributed by atoms with van der Waals surface area (Å²) in [6.45, 7) is 11.2. The van der Waals surface area contributed by atoms with Crippen LogP contribution in [0.4, 0.5) is 0 Å². The highest BCUT2D eigenvalue weighted by Gasteiger charge is 2.36. The molecule has 2 aliphatic rings. The third-order valence-corrected chi connectivity index (χ3v) is 3.64. The predicted molar refractivity (Wildman–Crippen MR) is 69.2 cm³/mol. The fourth-order valence-electron chi connectivity index (χ4n) is 2.13. The van der Waals surface area contributed by atoms with Crippen molar-refractivity contribution in [1.29, 1.82) is 0 Å². The molecular weight excluding hydrogens is 214 g/mol. The van der Waals surface area contributed by atoms with E-state index in [1.54, 1.807) is 0 Å². The first kappa shape index (κ1) is 13.3. The smallest absolute Gasteiger partial charge is 0.0557 e. The summed E-state index contributed by atoms with van der Waals surface area (Å²) < 4.78 is 11.5. The van der Waals surface area contributed by atoms with Gasteiger partial charge >= 0.3 is 0 Å². The highest BCUT2D eigenvalue weighted by molar-refractivity contribution is 4.88. The minimum Gasteiger partial charge on any atom is -0.381 e. The Balaban J connectivity index is 1.76. The molecule has 0 aromatic rings. The van der Waals surface area contributed by atoms with Crippen LogP contribution in [0.15, 0.2) is 0 Å². The van der Waals surface area contributed by atoms with Crippen molar-refractivity contribution in [3.63, 3.8) is 0 Å². The van der Waals surface area contributed by atoms with Gasteiger partial charge in [-0.25, -0.2) is 0 Å². The summed E-state index contributed by atoms with van der Waals surface area (Å²) in [6, 6.07) is 0. The Bertz CT molecular complexity index is 237. The van der Waals surface area contributed by atoms with Crippen LogP contribution >= 0.6 is 0 Å².